The molecule has 52 heavy (non-hydrogen) atoms. The second kappa shape index (κ2) is 12.6. The second-order valence-corrected chi connectivity index (χ2v) is 14.5. The standard InChI is InChI=1S/C46H40N2O4/c1-3-5-7-9-25-47-43(49)35-16-12-14-30-28(18-22-36(40(30)35)44(47)50)27-17-19-32-34-21-24-38-42-37(45(51)48(46(38)52)26-10-8-6-4-2)23-20-33(41(34)42)31-15-11-13-29(27)39(31)32/h11-24H,3-10,25-26H2,1-2H3. The molecule has 6 nitrogen and oxygen atoms in total. The summed E-state index contributed by atoms with van der Waals surface area (Å²) in [6, 6.07) is 28.2. The van der Waals surface area contributed by atoms with E-state index in [0.29, 0.717) is 35.3 Å². The van der Waals surface area contributed by atoms with E-state index in [1.807, 2.05) is 54.6 Å². The minimum absolute atomic E-state index is 0.212. The molecule has 7 aromatic rings. The van der Waals surface area contributed by atoms with Gasteiger partial charge in [0.15, 0.2) is 0 Å². The fourth-order valence-corrected chi connectivity index (χ4v) is 8.95. The van der Waals surface area contributed by atoms with Gasteiger partial charge in [0.25, 0.3) is 23.6 Å². The average Bonchev–Trinajstić information content (AvgIpc) is 3.17. The van der Waals surface area contributed by atoms with Crippen LogP contribution in [0.15, 0.2) is 84.9 Å². The zero-order valence-corrected chi connectivity index (χ0v) is 29.7. The van der Waals surface area contributed by atoms with Gasteiger partial charge in [-0.3, -0.25) is 29.0 Å². The fourth-order valence-electron chi connectivity index (χ4n) is 8.95. The number of amides is 4. The molecule has 2 heterocycles. The maximum Gasteiger partial charge on any atom is 0.261 e. The van der Waals surface area contributed by atoms with Crippen LogP contribution in [0, 0.1) is 0 Å². The van der Waals surface area contributed by atoms with Crippen LogP contribution in [0.5, 0.6) is 0 Å². The molecule has 0 bridgehead atoms. The minimum Gasteiger partial charge on any atom is -0.274 e. The van der Waals surface area contributed by atoms with Crippen LogP contribution in [-0.2, 0) is 0 Å². The van der Waals surface area contributed by atoms with Crippen LogP contribution in [0.1, 0.15) is 107 Å². The number of fused-ring (bicyclic) bond motifs is 2. The van der Waals surface area contributed by atoms with Crippen molar-refractivity contribution in [2.75, 3.05) is 13.1 Å². The Morgan fingerprint density at radius 3 is 1.29 bits per heavy atom. The topological polar surface area (TPSA) is 74.8 Å². The Labute approximate surface area is 302 Å². The third-order valence-corrected chi connectivity index (χ3v) is 11.5. The van der Waals surface area contributed by atoms with E-state index in [2.05, 4.69) is 44.2 Å². The summed E-state index contributed by atoms with van der Waals surface area (Å²) in [7, 11) is 0. The SMILES string of the molecule is CCCCCCN1C(=O)c2cccc3c(-c4ccc5c6ccc7c8c(ccc(c9cccc4c95)c86)C(=O)N(CCCCCC)C7=O)ccc(c23)C1=O. The van der Waals surface area contributed by atoms with Gasteiger partial charge in [0.1, 0.15) is 0 Å². The van der Waals surface area contributed by atoms with E-state index in [1.165, 1.54) is 9.80 Å². The molecule has 0 saturated heterocycles. The van der Waals surface area contributed by atoms with Crippen LogP contribution in [0.3, 0.4) is 0 Å². The summed E-state index contributed by atoms with van der Waals surface area (Å²) in [4.78, 5) is 58.0. The molecule has 0 spiro atoms. The summed E-state index contributed by atoms with van der Waals surface area (Å²) >= 11 is 0. The van der Waals surface area contributed by atoms with Gasteiger partial charge in [0.05, 0.1) is 0 Å². The number of unbranched alkanes of at least 4 members (excludes halogenated alkanes) is 6. The number of benzene rings is 7. The van der Waals surface area contributed by atoms with Gasteiger partial charge >= 0.3 is 0 Å². The van der Waals surface area contributed by atoms with Crippen molar-refractivity contribution in [3.63, 3.8) is 0 Å². The Morgan fingerprint density at radius 1 is 0.346 bits per heavy atom. The van der Waals surface area contributed by atoms with E-state index in [1.54, 1.807) is 0 Å². The van der Waals surface area contributed by atoms with E-state index < -0.39 is 0 Å². The first-order valence-corrected chi connectivity index (χ1v) is 18.9. The first-order valence-electron chi connectivity index (χ1n) is 18.9. The van der Waals surface area contributed by atoms with Crippen molar-refractivity contribution >= 4 is 77.5 Å². The Hall–Kier alpha value is -5.62. The molecule has 0 saturated carbocycles. The van der Waals surface area contributed by atoms with E-state index >= 15 is 0 Å². The zero-order chi connectivity index (χ0) is 35.7. The molecule has 0 unspecified atom stereocenters. The predicted octanol–water partition coefficient (Wildman–Crippen LogP) is 10.9. The lowest BCUT2D eigenvalue weighted by atomic mass is 9.82. The highest BCUT2D eigenvalue weighted by atomic mass is 16.2. The largest absolute Gasteiger partial charge is 0.274 e. The van der Waals surface area contributed by atoms with Crippen molar-refractivity contribution in [3.05, 3.63) is 107 Å². The molecule has 0 fully saturated rings. The Morgan fingerprint density at radius 2 is 0.731 bits per heavy atom. The third-order valence-electron chi connectivity index (χ3n) is 11.5. The van der Waals surface area contributed by atoms with Gasteiger partial charge in [-0.1, -0.05) is 113 Å². The van der Waals surface area contributed by atoms with Gasteiger partial charge in [-0.2, -0.15) is 0 Å². The van der Waals surface area contributed by atoms with Crippen molar-refractivity contribution in [2.24, 2.45) is 0 Å². The number of carbonyl (C=O) groups excluding carboxylic acids is 4. The average molecular weight is 685 g/mol. The van der Waals surface area contributed by atoms with Gasteiger partial charge < -0.3 is 0 Å². The quantitative estimate of drug-likeness (QED) is 0.0588. The molecule has 7 aromatic carbocycles. The highest BCUT2D eigenvalue weighted by Crippen LogP contribution is 2.47. The first kappa shape index (κ1) is 32.3. The maximum atomic E-state index is 13.8. The molecule has 9 rings (SSSR count). The van der Waals surface area contributed by atoms with Gasteiger partial charge in [0.2, 0.25) is 0 Å². The second-order valence-electron chi connectivity index (χ2n) is 14.5. The van der Waals surface area contributed by atoms with Crippen LogP contribution in [0.2, 0.25) is 0 Å². The lowest BCUT2D eigenvalue weighted by Crippen LogP contribution is -2.40. The molecule has 0 radical (unpaired) electrons. The highest BCUT2D eigenvalue weighted by molar-refractivity contribution is 6.39. The van der Waals surface area contributed by atoms with E-state index in [4.69, 9.17) is 0 Å². The van der Waals surface area contributed by atoms with Crippen molar-refractivity contribution in [3.8, 4) is 11.1 Å². The van der Waals surface area contributed by atoms with Crippen LogP contribution in [0.25, 0.3) is 65.0 Å². The van der Waals surface area contributed by atoms with Crippen molar-refractivity contribution in [1.29, 1.82) is 0 Å². The van der Waals surface area contributed by atoms with E-state index in [9.17, 15) is 19.2 Å². The van der Waals surface area contributed by atoms with Gasteiger partial charge in [-0.05, 0) is 91.3 Å². The lowest BCUT2D eigenvalue weighted by Gasteiger charge is -2.29. The molecule has 0 N–H and O–H groups in total. The number of carbonyl (C=O) groups is 4. The number of rotatable bonds is 11. The number of nitrogens with zero attached hydrogens (tertiary/aromatic N) is 2. The predicted molar refractivity (Wildman–Crippen MR) is 210 cm³/mol. The summed E-state index contributed by atoms with van der Waals surface area (Å²) < 4.78 is 0. The molecular weight excluding hydrogens is 645 g/mol. The van der Waals surface area contributed by atoms with Crippen LogP contribution in [-0.4, -0.2) is 46.5 Å². The van der Waals surface area contributed by atoms with Gasteiger partial charge in [-0.15, -0.1) is 0 Å². The molecule has 2 aliphatic heterocycles. The Bertz CT molecular complexity index is 2560. The normalized spacial score (nSPS) is 14.4. The zero-order valence-electron chi connectivity index (χ0n) is 29.7. The van der Waals surface area contributed by atoms with Crippen LogP contribution < -0.4 is 0 Å². The summed E-state index contributed by atoms with van der Waals surface area (Å²) in [5.41, 5.74) is 4.31. The Balaban J connectivity index is 1.20. The van der Waals surface area contributed by atoms with Crippen molar-refractivity contribution < 1.29 is 19.2 Å². The third kappa shape index (κ3) is 4.62. The van der Waals surface area contributed by atoms with E-state index in [0.717, 1.165) is 116 Å². The van der Waals surface area contributed by atoms with Gasteiger partial charge in [0, 0.05) is 46.1 Å². The number of imide groups is 2. The molecule has 2 aliphatic rings. The molecule has 0 aliphatic carbocycles. The summed E-state index contributed by atoms with van der Waals surface area (Å²) in [5, 5.41) is 9.60. The van der Waals surface area contributed by atoms with Crippen LogP contribution >= 0.6 is 0 Å². The maximum absolute atomic E-state index is 13.8. The Kier molecular flexibility index (Phi) is 7.80. The molecule has 0 atom stereocenters. The summed E-state index contributed by atoms with van der Waals surface area (Å²) in [6.45, 7) is 5.16. The first-order chi connectivity index (χ1) is 25.4. The van der Waals surface area contributed by atoms with Crippen molar-refractivity contribution in [1.82, 2.24) is 9.80 Å². The minimum atomic E-state index is -0.221. The summed E-state index contributed by atoms with van der Waals surface area (Å²) in [6.07, 6.45) is 7.95. The molecule has 4 amide bonds. The number of hydrogen-bond acceptors (Lipinski definition) is 4. The fraction of sp³-hybridized carbons (Fsp3) is 0.261. The monoisotopic (exact) mass is 684 g/mol. The number of hydrogen-bond donors (Lipinski definition) is 0. The lowest BCUT2D eigenvalue weighted by molar-refractivity contribution is 0.0592. The van der Waals surface area contributed by atoms with Crippen molar-refractivity contribution in [2.45, 2.75) is 65.2 Å². The van der Waals surface area contributed by atoms with E-state index in [-0.39, 0.29) is 23.6 Å². The smallest absolute Gasteiger partial charge is 0.261 e. The summed E-state index contributed by atoms with van der Waals surface area (Å²) in [5.74, 6) is -0.864. The highest BCUT2D eigenvalue weighted by Gasteiger charge is 2.35. The molecule has 6 heteroatoms. The molecular formula is C46H40N2O4. The van der Waals surface area contributed by atoms with Gasteiger partial charge in [-0.25, -0.2) is 0 Å². The molecule has 258 valence electrons. The molecule has 0 aromatic heterocycles. The van der Waals surface area contributed by atoms with Crippen LogP contribution in [0.4, 0.5) is 0 Å².